The Bertz CT molecular complexity index is 342. The molecule has 1 aromatic rings. The van der Waals surface area contributed by atoms with Gasteiger partial charge in [0.05, 0.1) is 0 Å². The standard InChI is InChI=1S/C10H14N4/c11-13-10-4-9(1-2-12-10)14-5-7-3-8(7)6-14/h1-2,4,7-8H,3,5-6,11H2,(H,12,13). The summed E-state index contributed by atoms with van der Waals surface area (Å²) in [5, 5.41) is 0. The number of hydrogen-bond acceptors (Lipinski definition) is 4. The van der Waals surface area contributed by atoms with Crippen molar-refractivity contribution in [1.82, 2.24) is 4.98 Å². The Kier molecular flexibility index (Phi) is 1.64. The molecule has 2 atom stereocenters. The number of nitrogen functional groups attached to an aromatic ring is 1. The monoisotopic (exact) mass is 190 g/mol. The van der Waals surface area contributed by atoms with E-state index >= 15 is 0 Å². The number of pyridine rings is 1. The largest absolute Gasteiger partial charge is 0.371 e. The van der Waals surface area contributed by atoms with E-state index in [1.54, 1.807) is 6.20 Å². The summed E-state index contributed by atoms with van der Waals surface area (Å²) in [6.07, 6.45) is 3.23. The van der Waals surface area contributed by atoms with Gasteiger partial charge < -0.3 is 10.3 Å². The number of hydrazine groups is 1. The zero-order chi connectivity index (χ0) is 9.54. The minimum absolute atomic E-state index is 0.739. The second-order valence-corrected chi connectivity index (χ2v) is 4.20. The molecule has 2 fully saturated rings. The first-order chi connectivity index (χ1) is 6.86. The van der Waals surface area contributed by atoms with Gasteiger partial charge in [0.25, 0.3) is 0 Å². The average Bonchev–Trinajstić information content (AvgIpc) is 2.86. The Balaban J connectivity index is 1.81. The van der Waals surface area contributed by atoms with E-state index in [1.165, 1.54) is 25.2 Å². The highest BCUT2D eigenvalue weighted by Crippen LogP contribution is 2.46. The number of hydrogen-bond donors (Lipinski definition) is 2. The molecule has 3 N–H and O–H groups in total. The summed E-state index contributed by atoms with van der Waals surface area (Å²) in [4.78, 5) is 6.51. The average molecular weight is 190 g/mol. The highest BCUT2D eigenvalue weighted by Gasteiger charge is 2.45. The molecule has 4 nitrogen and oxygen atoms in total. The fourth-order valence-electron chi connectivity index (χ4n) is 2.30. The number of nitrogens with two attached hydrogens (primary N) is 1. The normalized spacial score (nSPS) is 28.8. The smallest absolute Gasteiger partial charge is 0.141 e. The predicted octanol–water partition coefficient (Wildman–Crippen LogP) is 0.823. The second-order valence-electron chi connectivity index (χ2n) is 4.20. The molecule has 0 bridgehead atoms. The van der Waals surface area contributed by atoms with Gasteiger partial charge in [0.2, 0.25) is 0 Å². The molecule has 14 heavy (non-hydrogen) atoms. The SMILES string of the molecule is NNc1cc(N2CC3CC3C2)ccn1. The minimum atomic E-state index is 0.739. The Morgan fingerprint density at radius 2 is 2.21 bits per heavy atom. The number of aromatic nitrogens is 1. The molecule has 74 valence electrons. The van der Waals surface area contributed by atoms with Crippen LogP contribution in [0.2, 0.25) is 0 Å². The number of nitrogens with one attached hydrogen (secondary N) is 1. The summed E-state index contributed by atoms with van der Waals surface area (Å²) in [6.45, 7) is 2.41. The van der Waals surface area contributed by atoms with Crippen molar-refractivity contribution >= 4 is 11.5 Å². The van der Waals surface area contributed by atoms with Gasteiger partial charge in [-0.05, 0) is 24.3 Å². The topological polar surface area (TPSA) is 54.2 Å². The third-order valence-corrected chi connectivity index (χ3v) is 3.24. The van der Waals surface area contributed by atoms with Crippen molar-refractivity contribution in [1.29, 1.82) is 0 Å². The van der Waals surface area contributed by atoms with E-state index in [2.05, 4.69) is 15.3 Å². The maximum Gasteiger partial charge on any atom is 0.141 e. The number of fused-ring (bicyclic) bond motifs is 1. The van der Waals surface area contributed by atoms with Crippen LogP contribution in [0.25, 0.3) is 0 Å². The van der Waals surface area contributed by atoms with Crippen LogP contribution in [-0.4, -0.2) is 18.1 Å². The van der Waals surface area contributed by atoms with Crippen LogP contribution >= 0.6 is 0 Å². The molecule has 0 aromatic carbocycles. The molecule has 0 radical (unpaired) electrons. The quantitative estimate of drug-likeness (QED) is 0.535. The highest BCUT2D eigenvalue weighted by atomic mass is 15.3. The molecule has 1 saturated carbocycles. The van der Waals surface area contributed by atoms with Crippen LogP contribution in [0.15, 0.2) is 18.3 Å². The van der Waals surface area contributed by atoms with Gasteiger partial charge in [-0.15, -0.1) is 0 Å². The number of anilines is 2. The van der Waals surface area contributed by atoms with Crippen molar-refractivity contribution < 1.29 is 0 Å². The van der Waals surface area contributed by atoms with Crippen molar-refractivity contribution in [3.63, 3.8) is 0 Å². The molecule has 2 aliphatic rings. The van der Waals surface area contributed by atoms with Crippen LogP contribution in [0.4, 0.5) is 11.5 Å². The Labute approximate surface area is 83.1 Å². The van der Waals surface area contributed by atoms with E-state index in [-0.39, 0.29) is 0 Å². The van der Waals surface area contributed by atoms with Gasteiger partial charge in [0.15, 0.2) is 0 Å². The van der Waals surface area contributed by atoms with Crippen LogP contribution in [0.3, 0.4) is 0 Å². The van der Waals surface area contributed by atoms with E-state index in [9.17, 15) is 0 Å². The summed E-state index contributed by atoms with van der Waals surface area (Å²) in [7, 11) is 0. The van der Waals surface area contributed by atoms with E-state index in [0.717, 1.165) is 17.7 Å². The van der Waals surface area contributed by atoms with Crippen molar-refractivity contribution in [2.24, 2.45) is 17.7 Å². The number of rotatable bonds is 2. The lowest BCUT2D eigenvalue weighted by Gasteiger charge is -2.20. The first-order valence-corrected chi connectivity index (χ1v) is 5.04. The van der Waals surface area contributed by atoms with Crippen LogP contribution in [0, 0.1) is 11.8 Å². The third-order valence-electron chi connectivity index (χ3n) is 3.24. The van der Waals surface area contributed by atoms with Gasteiger partial charge in [-0.2, -0.15) is 0 Å². The molecule has 1 saturated heterocycles. The summed E-state index contributed by atoms with van der Waals surface area (Å²) >= 11 is 0. The number of nitrogens with zero attached hydrogens (tertiary/aromatic N) is 2. The van der Waals surface area contributed by atoms with Crippen LogP contribution in [-0.2, 0) is 0 Å². The molecule has 4 heteroatoms. The summed E-state index contributed by atoms with van der Waals surface area (Å²) < 4.78 is 0. The first kappa shape index (κ1) is 8.05. The predicted molar refractivity (Wildman–Crippen MR) is 55.9 cm³/mol. The van der Waals surface area contributed by atoms with Crippen LogP contribution in [0.1, 0.15) is 6.42 Å². The van der Waals surface area contributed by atoms with Gasteiger partial charge in [-0.3, -0.25) is 0 Å². The zero-order valence-corrected chi connectivity index (χ0v) is 7.98. The fourth-order valence-corrected chi connectivity index (χ4v) is 2.30. The minimum Gasteiger partial charge on any atom is -0.371 e. The van der Waals surface area contributed by atoms with Gasteiger partial charge in [-0.25, -0.2) is 10.8 Å². The fraction of sp³-hybridized carbons (Fsp3) is 0.500. The molecule has 3 rings (SSSR count). The summed E-state index contributed by atoms with van der Waals surface area (Å²) in [5.74, 6) is 7.97. The summed E-state index contributed by atoms with van der Waals surface area (Å²) in [5.41, 5.74) is 3.81. The Morgan fingerprint density at radius 3 is 2.93 bits per heavy atom. The molecule has 2 heterocycles. The highest BCUT2D eigenvalue weighted by molar-refractivity contribution is 5.54. The van der Waals surface area contributed by atoms with Gasteiger partial charge in [0, 0.05) is 31.0 Å². The van der Waals surface area contributed by atoms with Crippen molar-refractivity contribution in [2.45, 2.75) is 6.42 Å². The van der Waals surface area contributed by atoms with Crippen molar-refractivity contribution in [3.05, 3.63) is 18.3 Å². The molecule has 2 unspecified atom stereocenters. The van der Waals surface area contributed by atoms with Crippen molar-refractivity contribution in [2.75, 3.05) is 23.4 Å². The van der Waals surface area contributed by atoms with E-state index in [0.29, 0.717) is 0 Å². The third kappa shape index (κ3) is 1.23. The molecular weight excluding hydrogens is 176 g/mol. The van der Waals surface area contributed by atoms with E-state index in [4.69, 9.17) is 5.84 Å². The maximum atomic E-state index is 5.32. The van der Waals surface area contributed by atoms with Crippen LogP contribution < -0.4 is 16.2 Å². The Hall–Kier alpha value is -1.29. The van der Waals surface area contributed by atoms with Crippen molar-refractivity contribution in [3.8, 4) is 0 Å². The molecular formula is C10H14N4. The lowest BCUT2D eigenvalue weighted by Crippen LogP contribution is -2.22. The second kappa shape index (κ2) is 2.85. The maximum absolute atomic E-state index is 5.32. The molecule has 1 aliphatic heterocycles. The van der Waals surface area contributed by atoms with Gasteiger partial charge in [-0.1, -0.05) is 0 Å². The van der Waals surface area contributed by atoms with Gasteiger partial charge in [0.1, 0.15) is 5.82 Å². The summed E-state index contributed by atoms with van der Waals surface area (Å²) in [6, 6.07) is 4.05. The molecule has 1 aliphatic carbocycles. The number of piperidine rings is 1. The van der Waals surface area contributed by atoms with Gasteiger partial charge >= 0.3 is 0 Å². The van der Waals surface area contributed by atoms with E-state index in [1.807, 2.05) is 12.1 Å². The zero-order valence-electron chi connectivity index (χ0n) is 7.98. The molecule has 0 amide bonds. The lowest BCUT2D eigenvalue weighted by molar-refractivity contribution is 0.819. The Morgan fingerprint density at radius 1 is 1.43 bits per heavy atom. The van der Waals surface area contributed by atoms with E-state index < -0.39 is 0 Å². The lowest BCUT2D eigenvalue weighted by atomic mass is 10.3. The van der Waals surface area contributed by atoms with Crippen LogP contribution in [0.5, 0.6) is 0 Å². The first-order valence-electron chi connectivity index (χ1n) is 5.04. The molecule has 0 spiro atoms. The molecule has 1 aromatic heterocycles.